The van der Waals surface area contributed by atoms with Gasteiger partial charge in [0.15, 0.2) is 0 Å². The average Bonchev–Trinajstić information content (AvgIpc) is 2.97. The first-order valence-corrected chi connectivity index (χ1v) is 10.4. The molecule has 0 amide bonds. The van der Waals surface area contributed by atoms with Gasteiger partial charge in [-0.1, -0.05) is 38.3 Å². The molecule has 1 aliphatic heterocycles. The molecule has 0 radical (unpaired) electrons. The van der Waals surface area contributed by atoms with Crippen molar-refractivity contribution in [1.29, 1.82) is 0 Å². The topological polar surface area (TPSA) is 46.5 Å². The molecule has 23 heavy (non-hydrogen) atoms. The smallest absolute Gasteiger partial charge is 0.303 e. The summed E-state index contributed by atoms with van der Waals surface area (Å²) < 4.78 is 5.79. The summed E-state index contributed by atoms with van der Waals surface area (Å²) in [6.07, 6.45) is 13.8. The summed E-state index contributed by atoms with van der Waals surface area (Å²) in [5.74, 6) is 3.41. The summed E-state index contributed by atoms with van der Waals surface area (Å²) in [7, 11) is 0. The largest absolute Gasteiger partial charge is 0.481 e. The zero-order chi connectivity index (χ0) is 16.8. The van der Waals surface area contributed by atoms with E-state index in [1.54, 1.807) is 0 Å². The fourth-order valence-electron chi connectivity index (χ4n) is 2.95. The van der Waals surface area contributed by atoms with E-state index < -0.39 is 5.97 Å². The third kappa shape index (κ3) is 10.8. The van der Waals surface area contributed by atoms with E-state index in [0.29, 0.717) is 0 Å². The predicted octanol–water partition coefficient (Wildman–Crippen LogP) is 5.15. The second-order valence-corrected chi connectivity index (χ2v) is 7.59. The number of unbranched alkanes of at least 4 members (excludes halogenated alkanes) is 4. The van der Waals surface area contributed by atoms with Crippen molar-refractivity contribution in [3.05, 3.63) is 12.2 Å². The molecule has 0 bridgehead atoms. The lowest BCUT2D eigenvalue weighted by molar-refractivity contribution is -0.137. The molecular formula is C19H34O3S. The lowest BCUT2D eigenvalue weighted by Crippen LogP contribution is -2.14. The average molecular weight is 343 g/mol. The summed E-state index contributed by atoms with van der Waals surface area (Å²) in [4.78, 5) is 10.4. The Labute approximate surface area is 146 Å². The van der Waals surface area contributed by atoms with Crippen LogP contribution in [0.1, 0.15) is 64.7 Å². The van der Waals surface area contributed by atoms with E-state index in [1.807, 2.05) is 0 Å². The number of rotatable bonds is 14. The van der Waals surface area contributed by atoms with Crippen molar-refractivity contribution in [2.24, 2.45) is 11.8 Å². The molecule has 4 heteroatoms. The summed E-state index contributed by atoms with van der Waals surface area (Å²) in [5, 5.41) is 8.60. The second-order valence-electron chi connectivity index (χ2n) is 6.51. The molecule has 0 unspecified atom stereocenters. The number of hydrogen-bond acceptors (Lipinski definition) is 3. The zero-order valence-corrected chi connectivity index (χ0v) is 15.5. The van der Waals surface area contributed by atoms with Crippen LogP contribution in [-0.4, -0.2) is 35.8 Å². The Bertz CT molecular complexity index is 331. The summed E-state index contributed by atoms with van der Waals surface area (Å²) in [6, 6.07) is 0. The van der Waals surface area contributed by atoms with Crippen molar-refractivity contribution in [2.45, 2.75) is 64.7 Å². The van der Waals surface area contributed by atoms with Gasteiger partial charge in [0.25, 0.3) is 0 Å². The summed E-state index contributed by atoms with van der Waals surface area (Å²) >= 11 is 2.07. The molecule has 0 aliphatic carbocycles. The van der Waals surface area contributed by atoms with Crippen LogP contribution in [0.15, 0.2) is 12.2 Å². The van der Waals surface area contributed by atoms with Gasteiger partial charge in [-0.3, -0.25) is 4.79 Å². The first-order valence-electron chi connectivity index (χ1n) is 9.26. The highest BCUT2D eigenvalue weighted by Crippen LogP contribution is 2.34. The van der Waals surface area contributed by atoms with Gasteiger partial charge in [0.1, 0.15) is 0 Å². The number of hydrogen-bond donors (Lipinski definition) is 1. The van der Waals surface area contributed by atoms with Crippen LogP contribution in [0.25, 0.3) is 0 Å². The van der Waals surface area contributed by atoms with E-state index >= 15 is 0 Å². The number of thioether (sulfide) groups is 1. The van der Waals surface area contributed by atoms with Gasteiger partial charge in [0, 0.05) is 19.6 Å². The van der Waals surface area contributed by atoms with Gasteiger partial charge in [-0.15, -0.1) is 0 Å². The van der Waals surface area contributed by atoms with Crippen molar-refractivity contribution >= 4 is 17.7 Å². The fourth-order valence-corrected chi connectivity index (χ4v) is 4.54. The van der Waals surface area contributed by atoms with Gasteiger partial charge in [-0.25, -0.2) is 0 Å². The van der Waals surface area contributed by atoms with Gasteiger partial charge in [-0.2, -0.15) is 11.8 Å². The molecular weight excluding hydrogens is 308 g/mol. The van der Waals surface area contributed by atoms with Crippen LogP contribution in [0.5, 0.6) is 0 Å². The fraction of sp³-hybridized carbons (Fsp3) is 0.842. The van der Waals surface area contributed by atoms with Gasteiger partial charge in [0.2, 0.25) is 0 Å². The minimum atomic E-state index is -0.694. The van der Waals surface area contributed by atoms with E-state index in [4.69, 9.17) is 9.84 Å². The maximum Gasteiger partial charge on any atom is 0.303 e. The van der Waals surface area contributed by atoms with Crippen LogP contribution in [0.3, 0.4) is 0 Å². The summed E-state index contributed by atoms with van der Waals surface area (Å²) in [6.45, 7) is 4.07. The van der Waals surface area contributed by atoms with Crippen LogP contribution < -0.4 is 0 Å². The summed E-state index contributed by atoms with van der Waals surface area (Å²) in [5.41, 5.74) is 0. The molecule has 1 rings (SSSR count). The molecule has 0 aromatic carbocycles. The Morgan fingerprint density at radius 1 is 1.13 bits per heavy atom. The highest BCUT2D eigenvalue weighted by atomic mass is 32.2. The molecule has 1 saturated heterocycles. The second kappa shape index (κ2) is 13.9. The first kappa shape index (κ1) is 20.6. The maximum absolute atomic E-state index is 10.4. The molecule has 1 fully saturated rings. The van der Waals surface area contributed by atoms with E-state index in [9.17, 15) is 4.79 Å². The monoisotopic (exact) mass is 342 g/mol. The number of ether oxygens (including phenoxy) is 1. The molecule has 0 aromatic rings. The molecule has 1 N–H and O–H groups in total. The quantitative estimate of drug-likeness (QED) is 0.350. The van der Waals surface area contributed by atoms with Gasteiger partial charge in [0.05, 0.1) is 0 Å². The lowest BCUT2D eigenvalue weighted by Gasteiger charge is -2.17. The van der Waals surface area contributed by atoms with Gasteiger partial charge >= 0.3 is 5.97 Å². The highest BCUT2D eigenvalue weighted by molar-refractivity contribution is 7.99. The van der Waals surface area contributed by atoms with Crippen LogP contribution in [0, 0.1) is 11.8 Å². The molecule has 0 aromatic heterocycles. The van der Waals surface area contributed by atoms with E-state index in [1.165, 1.54) is 43.6 Å². The minimum Gasteiger partial charge on any atom is -0.481 e. The number of aliphatic carboxylic acids is 1. The Balaban J connectivity index is 2.04. The van der Waals surface area contributed by atoms with Crippen LogP contribution in [-0.2, 0) is 9.53 Å². The van der Waals surface area contributed by atoms with E-state index in [0.717, 1.165) is 44.3 Å². The third-order valence-corrected chi connectivity index (χ3v) is 5.80. The van der Waals surface area contributed by atoms with Gasteiger partial charge < -0.3 is 9.84 Å². The first-order chi connectivity index (χ1) is 11.2. The number of carbonyl (C=O) groups is 1. The Kier molecular flexibility index (Phi) is 12.4. The minimum absolute atomic E-state index is 0.280. The number of allylic oxidation sites excluding steroid dienone is 2. The molecule has 0 saturated carbocycles. The zero-order valence-electron chi connectivity index (χ0n) is 14.7. The molecule has 2 atom stereocenters. The molecule has 0 spiro atoms. The Morgan fingerprint density at radius 2 is 1.96 bits per heavy atom. The number of carboxylic acids is 1. The van der Waals surface area contributed by atoms with Crippen molar-refractivity contribution in [2.75, 3.05) is 24.7 Å². The molecule has 3 nitrogen and oxygen atoms in total. The maximum atomic E-state index is 10.4. The SMILES string of the molecule is CCCCCCOCC[C@@H]1CSC[C@@H]1C/C=C\CCCC(=O)O. The Morgan fingerprint density at radius 3 is 2.74 bits per heavy atom. The predicted molar refractivity (Wildman–Crippen MR) is 99.1 cm³/mol. The third-order valence-electron chi connectivity index (χ3n) is 4.47. The van der Waals surface area contributed by atoms with Crippen LogP contribution in [0.2, 0.25) is 0 Å². The molecule has 134 valence electrons. The van der Waals surface area contributed by atoms with Crippen molar-refractivity contribution in [3.8, 4) is 0 Å². The van der Waals surface area contributed by atoms with Crippen molar-refractivity contribution < 1.29 is 14.6 Å². The normalized spacial score (nSPS) is 21.3. The van der Waals surface area contributed by atoms with E-state index in [-0.39, 0.29) is 6.42 Å². The number of carboxylic acid groups (broad SMARTS) is 1. The Hall–Kier alpha value is -0.480. The molecule has 1 aliphatic rings. The molecule has 1 heterocycles. The lowest BCUT2D eigenvalue weighted by atomic mass is 9.90. The van der Waals surface area contributed by atoms with Crippen LogP contribution in [0.4, 0.5) is 0 Å². The van der Waals surface area contributed by atoms with Gasteiger partial charge in [-0.05, 0) is 55.4 Å². The van der Waals surface area contributed by atoms with E-state index in [2.05, 4.69) is 30.8 Å². The van der Waals surface area contributed by atoms with Crippen molar-refractivity contribution in [3.63, 3.8) is 0 Å². The van der Waals surface area contributed by atoms with Crippen molar-refractivity contribution in [1.82, 2.24) is 0 Å². The van der Waals surface area contributed by atoms with Crippen LogP contribution >= 0.6 is 11.8 Å². The standard InChI is InChI=1S/C19H34O3S/c1-2-3-4-9-13-22-14-12-18-16-23-15-17(18)10-7-5-6-8-11-19(20)21/h5,7,17-18H,2-4,6,8-16H2,1H3,(H,20,21)/b7-5-/t17-,18+/m0/s1. The highest BCUT2D eigenvalue weighted by Gasteiger charge is 2.26.